The minimum Gasteiger partial charge on any atom is -0.371 e. The van der Waals surface area contributed by atoms with E-state index in [1.54, 1.807) is 0 Å². The van der Waals surface area contributed by atoms with Crippen LogP contribution < -0.4 is 10.2 Å². The van der Waals surface area contributed by atoms with Gasteiger partial charge in [0.2, 0.25) is 0 Å². The van der Waals surface area contributed by atoms with E-state index < -0.39 is 0 Å². The van der Waals surface area contributed by atoms with Crippen LogP contribution in [0.4, 0.5) is 5.69 Å². The third-order valence-corrected chi connectivity index (χ3v) is 5.43. The number of nitrogens with one attached hydrogen (secondary N) is 1. The van der Waals surface area contributed by atoms with Crippen LogP contribution in [-0.2, 0) is 0 Å². The highest BCUT2D eigenvalue weighted by Crippen LogP contribution is 2.41. The number of anilines is 1. The molecular weight excluding hydrogens is 256 g/mol. The monoisotopic (exact) mass is 286 g/mol. The first-order valence-corrected chi connectivity index (χ1v) is 8.90. The molecule has 1 N–H and O–H groups in total. The summed E-state index contributed by atoms with van der Waals surface area (Å²) in [7, 11) is 0. The number of para-hydroxylation sites is 1. The van der Waals surface area contributed by atoms with E-state index in [2.05, 4.69) is 48.3 Å². The maximum atomic E-state index is 3.72. The molecule has 1 aliphatic heterocycles. The first kappa shape index (κ1) is 14.9. The molecule has 116 valence electrons. The number of rotatable bonds is 6. The molecular formula is C19H30N2. The molecule has 2 fully saturated rings. The molecule has 1 heterocycles. The van der Waals surface area contributed by atoms with Crippen molar-refractivity contribution in [2.45, 2.75) is 52.0 Å². The molecule has 1 saturated heterocycles. The van der Waals surface area contributed by atoms with Gasteiger partial charge in [-0.3, -0.25) is 0 Å². The fourth-order valence-electron chi connectivity index (χ4n) is 4.29. The Balaban J connectivity index is 1.79. The van der Waals surface area contributed by atoms with E-state index in [0.717, 1.165) is 24.8 Å². The van der Waals surface area contributed by atoms with Crippen molar-refractivity contribution < 1.29 is 0 Å². The van der Waals surface area contributed by atoms with Crippen LogP contribution in [0.5, 0.6) is 0 Å². The molecule has 0 bridgehead atoms. The summed E-state index contributed by atoms with van der Waals surface area (Å²) in [6, 6.07) is 9.58. The smallest absolute Gasteiger partial charge is 0.0414 e. The van der Waals surface area contributed by atoms with Crippen LogP contribution in [-0.4, -0.2) is 19.6 Å². The van der Waals surface area contributed by atoms with Gasteiger partial charge in [-0.2, -0.15) is 0 Å². The lowest BCUT2D eigenvalue weighted by Crippen LogP contribution is -2.27. The molecule has 3 unspecified atom stereocenters. The van der Waals surface area contributed by atoms with E-state index in [-0.39, 0.29) is 0 Å². The van der Waals surface area contributed by atoms with E-state index in [4.69, 9.17) is 0 Å². The van der Waals surface area contributed by atoms with Gasteiger partial charge in [0.05, 0.1) is 0 Å². The summed E-state index contributed by atoms with van der Waals surface area (Å²) in [4.78, 5) is 2.67. The lowest BCUT2D eigenvalue weighted by Gasteiger charge is -2.27. The van der Waals surface area contributed by atoms with Crippen LogP contribution in [0.2, 0.25) is 0 Å². The van der Waals surface area contributed by atoms with E-state index in [9.17, 15) is 0 Å². The number of benzene rings is 1. The second kappa shape index (κ2) is 6.83. The second-order valence-electron chi connectivity index (χ2n) is 6.83. The fraction of sp³-hybridized carbons (Fsp3) is 0.684. The van der Waals surface area contributed by atoms with Gasteiger partial charge in [0.25, 0.3) is 0 Å². The lowest BCUT2D eigenvalue weighted by molar-refractivity contribution is 0.494. The number of hydrogen-bond donors (Lipinski definition) is 1. The Bertz CT molecular complexity index is 445. The zero-order valence-electron chi connectivity index (χ0n) is 13.6. The zero-order chi connectivity index (χ0) is 14.7. The summed E-state index contributed by atoms with van der Waals surface area (Å²) in [6.07, 6.45) is 6.73. The Labute approximate surface area is 129 Å². The first-order valence-electron chi connectivity index (χ1n) is 8.90. The predicted molar refractivity (Wildman–Crippen MR) is 90.8 cm³/mol. The third-order valence-electron chi connectivity index (χ3n) is 5.43. The van der Waals surface area contributed by atoms with Gasteiger partial charge in [0.15, 0.2) is 0 Å². The molecule has 3 atom stereocenters. The number of hydrogen-bond acceptors (Lipinski definition) is 2. The normalized spacial score (nSPS) is 26.1. The van der Waals surface area contributed by atoms with Crippen molar-refractivity contribution in [2.24, 2.45) is 11.8 Å². The van der Waals surface area contributed by atoms with Crippen molar-refractivity contribution >= 4 is 5.69 Å². The Hall–Kier alpha value is -1.02. The molecule has 2 heteroatoms. The number of fused-ring (bicyclic) bond motifs is 1. The molecule has 0 aromatic heterocycles. The topological polar surface area (TPSA) is 15.3 Å². The molecule has 0 radical (unpaired) electrons. The largest absolute Gasteiger partial charge is 0.371 e. The molecule has 1 saturated carbocycles. The molecule has 1 aromatic carbocycles. The summed E-state index contributed by atoms with van der Waals surface area (Å²) in [5.74, 6) is 1.92. The first-order chi connectivity index (χ1) is 10.3. The van der Waals surface area contributed by atoms with E-state index >= 15 is 0 Å². The predicted octanol–water partition coefficient (Wildman–Crippen LogP) is 4.37. The van der Waals surface area contributed by atoms with E-state index in [0.29, 0.717) is 6.04 Å². The number of nitrogens with zero attached hydrogens (tertiary/aromatic N) is 1. The van der Waals surface area contributed by atoms with Gasteiger partial charge in [-0.15, -0.1) is 0 Å². The van der Waals surface area contributed by atoms with Crippen molar-refractivity contribution in [1.82, 2.24) is 5.32 Å². The summed E-state index contributed by atoms with van der Waals surface area (Å²) in [5, 5.41) is 3.72. The second-order valence-corrected chi connectivity index (χ2v) is 6.83. The highest BCUT2D eigenvalue weighted by molar-refractivity contribution is 5.56. The quantitative estimate of drug-likeness (QED) is 0.835. The standard InChI is InChI=1S/C19H30N2/c1-3-12-20-18(4-2)17-10-5-6-11-19(17)21-13-15-8-7-9-16(15)14-21/h5-6,10-11,15-16,18,20H,3-4,7-9,12-14H2,1-2H3. The lowest BCUT2D eigenvalue weighted by atomic mass is 10.0. The Kier molecular flexibility index (Phi) is 4.84. The summed E-state index contributed by atoms with van der Waals surface area (Å²) < 4.78 is 0. The van der Waals surface area contributed by atoms with Gasteiger partial charge >= 0.3 is 0 Å². The van der Waals surface area contributed by atoms with Gasteiger partial charge in [-0.1, -0.05) is 38.5 Å². The highest BCUT2D eigenvalue weighted by atomic mass is 15.2. The maximum absolute atomic E-state index is 3.72. The van der Waals surface area contributed by atoms with Crippen LogP contribution in [0.1, 0.15) is 57.6 Å². The summed E-state index contributed by atoms with van der Waals surface area (Å²) in [5.41, 5.74) is 3.00. The SMILES string of the molecule is CCCNC(CC)c1ccccc1N1CC2CCCC2C1. The Morgan fingerprint density at radius 1 is 1.14 bits per heavy atom. The third kappa shape index (κ3) is 3.11. The molecule has 21 heavy (non-hydrogen) atoms. The minimum atomic E-state index is 0.501. The van der Waals surface area contributed by atoms with E-state index in [1.165, 1.54) is 50.0 Å². The molecule has 1 aliphatic carbocycles. The average Bonchev–Trinajstić information content (AvgIpc) is 3.10. The Morgan fingerprint density at radius 3 is 2.52 bits per heavy atom. The maximum Gasteiger partial charge on any atom is 0.0414 e. The Morgan fingerprint density at radius 2 is 1.86 bits per heavy atom. The van der Waals surface area contributed by atoms with Gasteiger partial charge in [-0.05, 0) is 55.7 Å². The van der Waals surface area contributed by atoms with Crippen molar-refractivity contribution in [3.63, 3.8) is 0 Å². The van der Waals surface area contributed by atoms with Gasteiger partial charge < -0.3 is 10.2 Å². The van der Waals surface area contributed by atoms with Crippen molar-refractivity contribution in [2.75, 3.05) is 24.5 Å². The zero-order valence-corrected chi connectivity index (χ0v) is 13.6. The van der Waals surface area contributed by atoms with Crippen LogP contribution in [0, 0.1) is 11.8 Å². The van der Waals surface area contributed by atoms with Crippen molar-refractivity contribution in [3.05, 3.63) is 29.8 Å². The summed E-state index contributed by atoms with van der Waals surface area (Å²) in [6.45, 7) is 8.21. The molecule has 2 nitrogen and oxygen atoms in total. The van der Waals surface area contributed by atoms with E-state index in [1.807, 2.05) is 0 Å². The van der Waals surface area contributed by atoms with Gasteiger partial charge in [0.1, 0.15) is 0 Å². The fourth-order valence-corrected chi connectivity index (χ4v) is 4.29. The van der Waals surface area contributed by atoms with Gasteiger partial charge in [0, 0.05) is 24.8 Å². The highest BCUT2D eigenvalue weighted by Gasteiger charge is 2.36. The van der Waals surface area contributed by atoms with Gasteiger partial charge in [-0.25, -0.2) is 0 Å². The molecule has 2 aliphatic rings. The van der Waals surface area contributed by atoms with Crippen LogP contribution in [0.25, 0.3) is 0 Å². The summed E-state index contributed by atoms with van der Waals surface area (Å²) >= 11 is 0. The molecule has 3 rings (SSSR count). The average molecular weight is 286 g/mol. The van der Waals surface area contributed by atoms with Crippen LogP contribution in [0.15, 0.2) is 24.3 Å². The molecule has 0 spiro atoms. The van der Waals surface area contributed by atoms with Crippen molar-refractivity contribution in [1.29, 1.82) is 0 Å². The minimum absolute atomic E-state index is 0.501. The van der Waals surface area contributed by atoms with Crippen LogP contribution >= 0.6 is 0 Å². The van der Waals surface area contributed by atoms with Crippen LogP contribution in [0.3, 0.4) is 0 Å². The molecule has 1 aromatic rings. The molecule has 0 amide bonds. The van der Waals surface area contributed by atoms with Crippen molar-refractivity contribution in [3.8, 4) is 0 Å².